The molecule has 2 heterocycles. The average molecular weight is 817 g/mol. The minimum atomic E-state index is -1.03. The third kappa shape index (κ3) is 12.7. The zero-order valence-electron chi connectivity index (χ0n) is 34.4. The Morgan fingerprint density at radius 1 is 0.525 bits per heavy atom. The highest BCUT2D eigenvalue weighted by molar-refractivity contribution is 5.49. The van der Waals surface area contributed by atoms with Gasteiger partial charge >= 0.3 is 5.63 Å². The van der Waals surface area contributed by atoms with E-state index in [1.807, 2.05) is 189 Å². The summed E-state index contributed by atoms with van der Waals surface area (Å²) >= 11 is 0. The maximum Gasteiger partial charge on any atom is 0.345 e. The fourth-order valence-electron chi connectivity index (χ4n) is 7.10. The fourth-order valence-corrected chi connectivity index (χ4v) is 7.10. The molecule has 8 nitrogen and oxygen atoms in total. The summed E-state index contributed by atoms with van der Waals surface area (Å²) < 4.78 is 46.8. The van der Waals surface area contributed by atoms with Gasteiger partial charge in [-0.05, 0) is 40.8 Å². The minimum absolute atomic E-state index is 0.131. The van der Waals surface area contributed by atoms with Crippen LogP contribution >= 0.6 is 0 Å². The molecule has 8 heteroatoms. The summed E-state index contributed by atoms with van der Waals surface area (Å²) in [7, 11) is 0. The maximum atomic E-state index is 14.6. The van der Waals surface area contributed by atoms with Gasteiger partial charge in [0.15, 0.2) is 0 Å². The predicted molar refractivity (Wildman–Crippen MR) is 238 cm³/mol. The van der Waals surface area contributed by atoms with Crippen molar-refractivity contribution in [1.82, 2.24) is 0 Å². The molecule has 61 heavy (non-hydrogen) atoms. The van der Waals surface area contributed by atoms with E-state index in [1.165, 1.54) is 0 Å². The van der Waals surface area contributed by atoms with Gasteiger partial charge in [-0.3, -0.25) is 0 Å². The zero-order chi connectivity index (χ0) is 41.9. The van der Waals surface area contributed by atoms with E-state index in [0.29, 0.717) is 18.1 Å². The predicted octanol–water partition coefficient (Wildman–Crippen LogP) is 10.8. The topological polar surface area (TPSA) is 85.6 Å². The van der Waals surface area contributed by atoms with Crippen molar-refractivity contribution in [2.75, 3.05) is 6.61 Å². The van der Waals surface area contributed by atoms with Crippen molar-refractivity contribution >= 4 is 6.08 Å². The van der Waals surface area contributed by atoms with Crippen LogP contribution in [-0.2, 0) is 56.7 Å². The summed E-state index contributed by atoms with van der Waals surface area (Å²) in [5.74, 6) is 0.633. The van der Waals surface area contributed by atoms with Crippen molar-refractivity contribution in [3.05, 3.63) is 238 Å². The van der Waals surface area contributed by atoms with E-state index >= 15 is 0 Å². The summed E-state index contributed by atoms with van der Waals surface area (Å²) in [6.45, 7) is 3.36. The van der Waals surface area contributed by atoms with E-state index in [-0.39, 0.29) is 38.6 Å². The third-order valence-electron chi connectivity index (χ3n) is 10.2. The van der Waals surface area contributed by atoms with Crippen LogP contribution in [0.15, 0.2) is 197 Å². The minimum Gasteiger partial charge on any atom is -0.488 e. The second-order valence-corrected chi connectivity index (χ2v) is 14.6. The number of rotatable bonds is 20. The lowest BCUT2D eigenvalue weighted by Crippen LogP contribution is -2.58. The molecule has 1 aromatic heterocycles. The summed E-state index contributed by atoms with van der Waals surface area (Å²) in [6.07, 6.45) is 7.08. The lowest BCUT2D eigenvalue weighted by Gasteiger charge is -2.46. The van der Waals surface area contributed by atoms with E-state index in [2.05, 4.69) is 0 Å². The van der Waals surface area contributed by atoms with Gasteiger partial charge in [-0.25, -0.2) is 4.79 Å². The van der Waals surface area contributed by atoms with E-state index in [1.54, 1.807) is 12.1 Å². The van der Waals surface area contributed by atoms with Gasteiger partial charge in [0.25, 0.3) is 0 Å². The molecule has 312 valence electrons. The summed E-state index contributed by atoms with van der Waals surface area (Å²) in [6, 6.07) is 51.3. The van der Waals surface area contributed by atoms with Crippen LogP contribution in [0.25, 0.3) is 6.08 Å². The number of benzene rings is 5. The van der Waals surface area contributed by atoms with Crippen LogP contribution in [0, 0.1) is 0 Å². The Morgan fingerprint density at radius 2 is 0.984 bits per heavy atom. The van der Waals surface area contributed by atoms with Crippen LogP contribution in [0.5, 0.6) is 5.75 Å². The van der Waals surface area contributed by atoms with Gasteiger partial charge in [-0.2, -0.15) is 0 Å². The third-order valence-corrected chi connectivity index (χ3v) is 10.2. The SMILES string of the molecule is C/C=C/C=C/C=C/c1cc(OCc2ccccc2)c([C@@H]2O[C@H](COCc3ccccc3)[C@H](OCc3ccccc3)[C@H](OCc3ccccc3)[C@H]2OCc2ccccc2)c(=O)o1. The van der Waals surface area contributed by atoms with Crippen molar-refractivity contribution in [2.24, 2.45) is 0 Å². The second kappa shape index (κ2) is 23.0. The van der Waals surface area contributed by atoms with Gasteiger partial charge in [-0.15, -0.1) is 0 Å². The Balaban J connectivity index is 1.32. The van der Waals surface area contributed by atoms with Gasteiger partial charge in [-0.1, -0.05) is 182 Å². The smallest absolute Gasteiger partial charge is 0.345 e. The first-order valence-corrected chi connectivity index (χ1v) is 20.7. The number of hydrogen-bond acceptors (Lipinski definition) is 8. The highest BCUT2D eigenvalue weighted by Crippen LogP contribution is 2.41. The molecule has 0 radical (unpaired) electrons. The monoisotopic (exact) mass is 816 g/mol. The van der Waals surface area contributed by atoms with Gasteiger partial charge in [0, 0.05) is 6.07 Å². The molecular weight excluding hydrogens is 765 g/mol. The molecule has 5 atom stereocenters. The standard InChI is InChI=1S/C53H52O8/c1-2-3-4-5-21-32-45-33-46(56-35-41-24-13-7-14-25-41)48(53(54)60-45)50-52(59-38-44-30-19-10-20-31-44)51(58-37-43-28-17-9-18-29-43)49(57-36-42-26-15-8-16-27-42)47(61-50)39-55-34-40-22-11-6-12-23-40/h2-33,47,49-52H,34-39H2,1H3/b3-2+,5-4+,32-21+/t47-,49+,50+,51+,52+/m1/s1. The Morgan fingerprint density at radius 3 is 1.51 bits per heavy atom. The van der Waals surface area contributed by atoms with Crippen LogP contribution in [0.1, 0.15) is 52.2 Å². The highest BCUT2D eigenvalue weighted by atomic mass is 16.6. The summed E-state index contributed by atoms with van der Waals surface area (Å²) in [5.41, 5.74) is 4.40. The lowest BCUT2D eigenvalue weighted by molar-refractivity contribution is -0.275. The largest absolute Gasteiger partial charge is 0.488 e. The van der Waals surface area contributed by atoms with Gasteiger partial charge in [0.2, 0.25) is 0 Å². The van der Waals surface area contributed by atoms with Crippen molar-refractivity contribution in [3.8, 4) is 5.75 Å². The van der Waals surface area contributed by atoms with Crippen molar-refractivity contribution in [3.63, 3.8) is 0 Å². The molecule has 0 spiro atoms. The Kier molecular flexibility index (Phi) is 16.2. The molecule has 1 saturated heterocycles. The molecule has 0 saturated carbocycles. The first kappa shape index (κ1) is 43.0. The molecule has 7 rings (SSSR count). The highest BCUT2D eigenvalue weighted by Gasteiger charge is 2.51. The van der Waals surface area contributed by atoms with E-state index in [9.17, 15) is 4.79 Å². The number of hydrogen-bond donors (Lipinski definition) is 0. The van der Waals surface area contributed by atoms with Gasteiger partial charge < -0.3 is 32.8 Å². The van der Waals surface area contributed by atoms with Crippen LogP contribution in [0.4, 0.5) is 0 Å². The van der Waals surface area contributed by atoms with Gasteiger partial charge in [0.05, 0.1) is 33.0 Å². The van der Waals surface area contributed by atoms with E-state index < -0.39 is 36.1 Å². The zero-order valence-corrected chi connectivity index (χ0v) is 34.4. The molecule has 0 aliphatic carbocycles. The van der Waals surface area contributed by atoms with Crippen LogP contribution < -0.4 is 10.4 Å². The van der Waals surface area contributed by atoms with Gasteiger partial charge in [0.1, 0.15) is 54.2 Å². The second-order valence-electron chi connectivity index (χ2n) is 14.6. The van der Waals surface area contributed by atoms with E-state index in [4.69, 9.17) is 32.8 Å². The lowest BCUT2D eigenvalue weighted by atomic mass is 9.90. The van der Waals surface area contributed by atoms with Crippen molar-refractivity contribution in [2.45, 2.75) is 70.5 Å². The Bertz CT molecular complexity index is 2330. The van der Waals surface area contributed by atoms with Crippen LogP contribution in [0.2, 0.25) is 0 Å². The summed E-state index contributed by atoms with van der Waals surface area (Å²) in [5, 5.41) is 0. The average Bonchev–Trinajstić information content (AvgIpc) is 3.30. The first-order valence-electron chi connectivity index (χ1n) is 20.7. The number of ether oxygens (including phenoxy) is 6. The Labute approximate surface area is 358 Å². The molecule has 0 amide bonds. The fraction of sp³-hybridized carbons (Fsp3) is 0.226. The van der Waals surface area contributed by atoms with Crippen molar-refractivity contribution < 1.29 is 32.8 Å². The molecule has 1 aliphatic rings. The molecule has 0 N–H and O–H groups in total. The van der Waals surface area contributed by atoms with Crippen molar-refractivity contribution in [1.29, 1.82) is 0 Å². The van der Waals surface area contributed by atoms with E-state index in [0.717, 1.165) is 27.8 Å². The molecule has 1 aliphatic heterocycles. The molecule has 5 aromatic carbocycles. The normalized spacial score (nSPS) is 19.2. The van der Waals surface area contributed by atoms with Crippen LogP contribution in [-0.4, -0.2) is 31.0 Å². The summed E-state index contributed by atoms with van der Waals surface area (Å²) in [4.78, 5) is 14.6. The molecule has 6 aromatic rings. The molecule has 0 unspecified atom stereocenters. The number of allylic oxidation sites excluding steroid dienone is 5. The van der Waals surface area contributed by atoms with Crippen LogP contribution in [0.3, 0.4) is 0 Å². The first-order chi connectivity index (χ1) is 30.1. The molecule has 0 bridgehead atoms. The Hall–Kier alpha value is -6.13. The molecule has 1 fully saturated rings. The molecular formula is C53H52O8. The maximum absolute atomic E-state index is 14.6. The quantitative estimate of drug-likeness (QED) is 0.0704.